The summed E-state index contributed by atoms with van der Waals surface area (Å²) >= 11 is 0. The molecule has 5 nitrogen and oxygen atoms in total. The van der Waals surface area contributed by atoms with Crippen LogP contribution < -0.4 is 4.90 Å². The molecule has 0 spiro atoms. The molecular formula is C13H15NO4. The number of anilines is 1. The van der Waals surface area contributed by atoms with Crippen LogP contribution in [-0.2, 0) is 9.59 Å². The van der Waals surface area contributed by atoms with Gasteiger partial charge in [-0.05, 0) is 18.6 Å². The summed E-state index contributed by atoms with van der Waals surface area (Å²) in [6.07, 6.45) is 0.911. The Hall–Kier alpha value is -2.30. The van der Waals surface area contributed by atoms with Crippen LogP contribution in [0.15, 0.2) is 42.0 Å². The van der Waals surface area contributed by atoms with Crippen molar-refractivity contribution in [1.29, 1.82) is 0 Å². The van der Waals surface area contributed by atoms with E-state index in [1.54, 1.807) is 0 Å². The van der Waals surface area contributed by atoms with E-state index in [-0.39, 0.29) is 12.0 Å². The average molecular weight is 249 g/mol. The molecule has 0 bridgehead atoms. The molecule has 0 fully saturated rings. The molecule has 0 heterocycles. The third-order valence-electron chi connectivity index (χ3n) is 2.49. The zero-order chi connectivity index (χ0) is 13.5. The van der Waals surface area contributed by atoms with Gasteiger partial charge >= 0.3 is 11.9 Å². The second kappa shape index (κ2) is 6.44. The highest BCUT2D eigenvalue weighted by atomic mass is 16.4. The number of carboxylic acid groups (broad SMARTS) is 2. The van der Waals surface area contributed by atoms with Crippen LogP contribution in [0.4, 0.5) is 5.69 Å². The number of rotatable bonds is 6. The quantitative estimate of drug-likeness (QED) is 0.749. The van der Waals surface area contributed by atoms with Crippen LogP contribution in [0.2, 0.25) is 0 Å². The number of aliphatic carboxylic acids is 2. The maximum absolute atomic E-state index is 10.8. The van der Waals surface area contributed by atoms with Gasteiger partial charge in [0.1, 0.15) is 0 Å². The van der Waals surface area contributed by atoms with Gasteiger partial charge in [0.2, 0.25) is 0 Å². The van der Waals surface area contributed by atoms with E-state index in [1.165, 1.54) is 0 Å². The molecule has 1 aromatic rings. The van der Waals surface area contributed by atoms with Crippen LogP contribution in [0, 0.1) is 0 Å². The summed E-state index contributed by atoms with van der Waals surface area (Å²) in [6, 6.07) is 9.47. The normalized spacial score (nSPS) is 11.1. The Morgan fingerprint density at radius 2 is 1.83 bits per heavy atom. The molecule has 1 aromatic carbocycles. The highest BCUT2D eigenvalue weighted by Crippen LogP contribution is 2.13. The van der Waals surface area contributed by atoms with Crippen molar-refractivity contribution in [1.82, 2.24) is 0 Å². The average Bonchev–Trinajstić information content (AvgIpc) is 2.34. The minimum absolute atomic E-state index is 0.106. The Labute approximate surface area is 105 Å². The molecule has 0 unspecified atom stereocenters. The third kappa shape index (κ3) is 4.29. The van der Waals surface area contributed by atoms with E-state index >= 15 is 0 Å². The predicted molar refractivity (Wildman–Crippen MR) is 67.7 cm³/mol. The first kappa shape index (κ1) is 13.8. The number of hydrogen-bond acceptors (Lipinski definition) is 3. The molecule has 0 aromatic heterocycles. The molecule has 96 valence electrons. The monoisotopic (exact) mass is 249 g/mol. The maximum Gasteiger partial charge on any atom is 0.331 e. The summed E-state index contributed by atoms with van der Waals surface area (Å²) in [5, 5.41) is 17.4. The Morgan fingerprint density at radius 1 is 1.22 bits per heavy atom. The fraction of sp³-hybridized carbons (Fsp3) is 0.231. The van der Waals surface area contributed by atoms with E-state index in [9.17, 15) is 9.59 Å². The first-order valence-electron chi connectivity index (χ1n) is 5.43. The zero-order valence-electron chi connectivity index (χ0n) is 10.0. The standard InChI is InChI=1S/C13H15NO4/c1-14(11-5-3-2-4-6-11)8-7-10(13(17)18)9-12(15)16/h2-6,9H,7-8H2,1H3,(H,15,16)(H,17,18)/b10-9+. The van der Waals surface area contributed by atoms with Crippen LogP contribution in [-0.4, -0.2) is 35.7 Å². The Morgan fingerprint density at radius 3 is 2.33 bits per heavy atom. The van der Waals surface area contributed by atoms with Crippen molar-refractivity contribution < 1.29 is 19.8 Å². The Kier molecular flexibility index (Phi) is 4.92. The van der Waals surface area contributed by atoms with Crippen LogP contribution >= 0.6 is 0 Å². The lowest BCUT2D eigenvalue weighted by atomic mass is 10.1. The number of carbonyl (C=O) groups is 2. The molecule has 5 heteroatoms. The molecular weight excluding hydrogens is 234 g/mol. The first-order chi connectivity index (χ1) is 8.50. The molecule has 1 rings (SSSR count). The molecule has 0 saturated heterocycles. The fourth-order valence-corrected chi connectivity index (χ4v) is 1.49. The van der Waals surface area contributed by atoms with Gasteiger partial charge in [-0.3, -0.25) is 0 Å². The van der Waals surface area contributed by atoms with Crippen molar-refractivity contribution in [3.05, 3.63) is 42.0 Å². The third-order valence-corrected chi connectivity index (χ3v) is 2.49. The summed E-state index contributed by atoms with van der Waals surface area (Å²) < 4.78 is 0. The second-order valence-corrected chi connectivity index (χ2v) is 3.82. The van der Waals surface area contributed by atoms with Gasteiger partial charge in [0.05, 0.1) is 0 Å². The SMILES string of the molecule is CN(CC/C(=C\C(=O)O)C(=O)O)c1ccccc1. The van der Waals surface area contributed by atoms with Gasteiger partial charge in [0.15, 0.2) is 0 Å². The lowest BCUT2D eigenvalue weighted by molar-refractivity contribution is -0.135. The van der Waals surface area contributed by atoms with Gasteiger partial charge < -0.3 is 15.1 Å². The van der Waals surface area contributed by atoms with Gasteiger partial charge in [0, 0.05) is 30.9 Å². The minimum Gasteiger partial charge on any atom is -0.478 e. The lowest BCUT2D eigenvalue weighted by Crippen LogP contribution is -2.20. The van der Waals surface area contributed by atoms with E-state index in [0.29, 0.717) is 6.54 Å². The van der Waals surface area contributed by atoms with Crippen molar-refractivity contribution in [2.75, 3.05) is 18.5 Å². The van der Waals surface area contributed by atoms with Gasteiger partial charge in [-0.15, -0.1) is 0 Å². The van der Waals surface area contributed by atoms with Gasteiger partial charge in [0.25, 0.3) is 0 Å². The highest BCUT2D eigenvalue weighted by molar-refractivity contribution is 5.94. The topological polar surface area (TPSA) is 77.8 Å². The van der Waals surface area contributed by atoms with Crippen LogP contribution in [0.3, 0.4) is 0 Å². The number of nitrogens with zero attached hydrogens (tertiary/aromatic N) is 1. The Bertz CT molecular complexity index is 453. The van der Waals surface area contributed by atoms with Gasteiger partial charge in [-0.25, -0.2) is 9.59 Å². The van der Waals surface area contributed by atoms with Gasteiger partial charge in [-0.2, -0.15) is 0 Å². The van der Waals surface area contributed by atoms with E-state index in [4.69, 9.17) is 10.2 Å². The van der Waals surface area contributed by atoms with Crippen molar-refractivity contribution in [3.8, 4) is 0 Å². The van der Waals surface area contributed by atoms with E-state index in [2.05, 4.69) is 0 Å². The second-order valence-electron chi connectivity index (χ2n) is 3.82. The van der Waals surface area contributed by atoms with Crippen LogP contribution in [0.1, 0.15) is 6.42 Å². The molecule has 0 atom stereocenters. The number of benzene rings is 1. The van der Waals surface area contributed by atoms with E-state index in [1.807, 2.05) is 42.3 Å². The Balaban J connectivity index is 2.64. The van der Waals surface area contributed by atoms with Crippen molar-refractivity contribution in [2.24, 2.45) is 0 Å². The molecule has 0 aliphatic carbocycles. The molecule has 2 N–H and O–H groups in total. The highest BCUT2D eigenvalue weighted by Gasteiger charge is 2.10. The largest absolute Gasteiger partial charge is 0.478 e. The molecule has 0 amide bonds. The van der Waals surface area contributed by atoms with Crippen LogP contribution in [0.25, 0.3) is 0 Å². The first-order valence-corrected chi connectivity index (χ1v) is 5.43. The van der Waals surface area contributed by atoms with Crippen LogP contribution in [0.5, 0.6) is 0 Å². The summed E-state index contributed by atoms with van der Waals surface area (Å²) in [7, 11) is 1.83. The number of hydrogen-bond donors (Lipinski definition) is 2. The van der Waals surface area contributed by atoms with E-state index in [0.717, 1.165) is 11.8 Å². The smallest absolute Gasteiger partial charge is 0.331 e. The predicted octanol–water partition coefficient (Wildman–Crippen LogP) is 1.61. The van der Waals surface area contributed by atoms with Crippen molar-refractivity contribution in [3.63, 3.8) is 0 Å². The minimum atomic E-state index is -1.24. The summed E-state index contributed by atoms with van der Waals surface area (Å²) in [5.74, 6) is -2.44. The lowest BCUT2D eigenvalue weighted by Gasteiger charge is -2.19. The molecule has 0 aliphatic heterocycles. The van der Waals surface area contributed by atoms with Crippen molar-refractivity contribution >= 4 is 17.6 Å². The molecule has 0 saturated carbocycles. The van der Waals surface area contributed by atoms with Crippen molar-refractivity contribution in [2.45, 2.75) is 6.42 Å². The number of para-hydroxylation sites is 1. The zero-order valence-corrected chi connectivity index (χ0v) is 10.0. The molecule has 0 aliphatic rings. The number of carboxylic acids is 2. The maximum atomic E-state index is 10.8. The summed E-state index contributed by atoms with van der Waals surface area (Å²) in [4.78, 5) is 23.2. The summed E-state index contributed by atoms with van der Waals surface area (Å²) in [6.45, 7) is 0.440. The van der Waals surface area contributed by atoms with Gasteiger partial charge in [-0.1, -0.05) is 18.2 Å². The summed E-state index contributed by atoms with van der Waals surface area (Å²) in [5.41, 5.74) is 0.850. The molecule has 0 radical (unpaired) electrons. The fourth-order valence-electron chi connectivity index (χ4n) is 1.49. The van der Waals surface area contributed by atoms with E-state index < -0.39 is 11.9 Å². The molecule has 18 heavy (non-hydrogen) atoms.